The Bertz CT molecular complexity index is 1160. The lowest BCUT2D eigenvalue weighted by Gasteiger charge is -2.11. The molecule has 1 heterocycles. The molecule has 4 nitrogen and oxygen atoms in total. The summed E-state index contributed by atoms with van der Waals surface area (Å²) >= 11 is 0. The maximum absolute atomic E-state index is 13.1. The molecule has 4 rings (SSSR count). The highest BCUT2D eigenvalue weighted by atomic mass is 19.1. The number of hydrogen-bond acceptors (Lipinski definition) is 3. The first-order valence-corrected chi connectivity index (χ1v) is 9.21. The van der Waals surface area contributed by atoms with Gasteiger partial charge in [-0.3, -0.25) is 4.79 Å². The van der Waals surface area contributed by atoms with Gasteiger partial charge in [0, 0.05) is 17.5 Å². The Balaban J connectivity index is 1.68. The molecular weight excluding hydrogens is 367 g/mol. The second kappa shape index (κ2) is 8.10. The maximum atomic E-state index is 13.1. The number of nitrogens with one attached hydrogen (secondary N) is 1. The summed E-state index contributed by atoms with van der Waals surface area (Å²) in [6.45, 7) is 0.313. The van der Waals surface area contributed by atoms with Crippen molar-refractivity contribution >= 4 is 16.8 Å². The molecule has 0 aliphatic heterocycles. The molecule has 0 radical (unpaired) electrons. The first kappa shape index (κ1) is 18.6. The van der Waals surface area contributed by atoms with E-state index < -0.39 is 0 Å². The van der Waals surface area contributed by atoms with Crippen LogP contribution in [0.15, 0.2) is 78.9 Å². The van der Waals surface area contributed by atoms with Gasteiger partial charge in [0.1, 0.15) is 11.6 Å². The highest BCUT2D eigenvalue weighted by molar-refractivity contribution is 6.07. The zero-order chi connectivity index (χ0) is 20.2. The topological polar surface area (TPSA) is 51.2 Å². The van der Waals surface area contributed by atoms with E-state index in [1.165, 1.54) is 12.1 Å². The largest absolute Gasteiger partial charge is 0.497 e. The van der Waals surface area contributed by atoms with Crippen LogP contribution in [-0.2, 0) is 6.54 Å². The van der Waals surface area contributed by atoms with Gasteiger partial charge in [-0.25, -0.2) is 9.37 Å². The number of ether oxygens (including phenoxy) is 1. The number of methoxy groups -OCH3 is 1. The average molecular weight is 386 g/mol. The lowest BCUT2D eigenvalue weighted by molar-refractivity contribution is 0.0952. The SMILES string of the molecule is COc1ccc(-c2cc(C(=O)NCc3ccc(F)cc3)c3ccccc3n2)cc1. The average Bonchev–Trinajstić information content (AvgIpc) is 2.78. The minimum absolute atomic E-state index is 0.206. The molecule has 0 aliphatic carbocycles. The number of aromatic nitrogens is 1. The van der Waals surface area contributed by atoms with Crippen molar-refractivity contribution < 1.29 is 13.9 Å². The van der Waals surface area contributed by atoms with Crippen molar-refractivity contribution in [2.75, 3.05) is 7.11 Å². The molecule has 3 aromatic carbocycles. The van der Waals surface area contributed by atoms with Crippen LogP contribution in [0.3, 0.4) is 0 Å². The monoisotopic (exact) mass is 386 g/mol. The number of carbonyl (C=O) groups is 1. The van der Waals surface area contributed by atoms with Crippen LogP contribution >= 0.6 is 0 Å². The molecule has 0 atom stereocenters. The van der Waals surface area contributed by atoms with Crippen molar-refractivity contribution in [2.45, 2.75) is 6.54 Å². The van der Waals surface area contributed by atoms with Crippen LogP contribution < -0.4 is 10.1 Å². The number of pyridine rings is 1. The van der Waals surface area contributed by atoms with Crippen LogP contribution in [0.4, 0.5) is 4.39 Å². The van der Waals surface area contributed by atoms with Crippen molar-refractivity contribution in [3.8, 4) is 17.0 Å². The number of amides is 1. The van der Waals surface area contributed by atoms with Crippen LogP contribution in [0.25, 0.3) is 22.2 Å². The van der Waals surface area contributed by atoms with E-state index in [0.717, 1.165) is 27.8 Å². The predicted molar refractivity (Wildman–Crippen MR) is 111 cm³/mol. The molecule has 1 aromatic heterocycles. The zero-order valence-electron chi connectivity index (χ0n) is 15.9. The number of rotatable bonds is 5. The van der Waals surface area contributed by atoms with E-state index in [-0.39, 0.29) is 11.7 Å². The van der Waals surface area contributed by atoms with Gasteiger partial charge in [-0.1, -0.05) is 30.3 Å². The van der Waals surface area contributed by atoms with Gasteiger partial charge in [-0.15, -0.1) is 0 Å². The first-order chi connectivity index (χ1) is 14.1. The standard InChI is InChI=1S/C24H19FN2O2/c1-29-19-12-8-17(9-13-19)23-14-21(20-4-2-3-5-22(20)27-23)24(28)26-15-16-6-10-18(25)11-7-16/h2-14H,15H2,1H3,(H,26,28). The highest BCUT2D eigenvalue weighted by Crippen LogP contribution is 2.26. The number of para-hydroxylation sites is 1. The summed E-state index contributed by atoms with van der Waals surface area (Å²) in [7, 11) is 1.62. The molecule has 29 heavy (non-hydrogen) atoms. The fourth-order valence-corrected chi connectivity index (χ4v) is 3.15. The molecule has 0 fully saturated rings. The Morgan fingerprint density at radius 1 is 1.00 bits per heavy atom. The summed E-state index contributed by atoms with van der Waals surface area (Å²) in [6.07, 6.45) is 0. The van der Waals surface area contributed by atoms with E-state index in [1.54, 1.807) is 25.3 Å². The van der Waals surface area contributed by atoms with Gasteiger partial charge in [-0.2, -0.15) is 0 Å². The minimum atomic E-state index is -0.302. The fraction of sp³-hybridized carbons (Fsp3) is 0.0833. The minimum Gasteiger partial charge on any atom is -0.497 e. The normalized spacial score (nSPS) is 10.7. The summed E-state index contributed by atoms with van der Waals surface area (Å²) in [6, 6.07) is 23.0. The third kappa shape index (κ3) is 4.09. The molecular formula is C24H19FN2O2. The van der Waals surface area contributed by atoms with Gasteiger partial charge in [0.2, 0.25) is 0 Å². The van der Waals surface area contributed by atoms with Gasteiger partial charge in [0.25, 0.3) is 5.91 Å². The number of halogens is 1. The number of carbonyl (C=O) groups excluding carboxylic acids is 1. The number of nitrogens with zero attached hydrogens (tertiary/aromatic N) is 1. The molecule has 0 spiro atoms. The van der Waals surface area contributed by atoms with Crippen molar-refractivity contribution in [2.24, 2.45) is 0 Å². The Morgan fingerprint density at radius 3 is 2.45 bits per heavy atom. The molecule has 0 saturated heterocycles. The Hall–Kier alpha value is -3.73. The number of benzene rings is 3. The molecule has 0 unspecified atom stereocenters. The van der Waals surface area contributed by atoms with Gasteiger partial charge >= 0.3 is 0 Å². The smallest absolute Gasteiger partial charge is 0.252 e. The van der Waals surface area contributed by atoms with Crippen LogP contribution in [0.2, 0.25) is 0 Å². The van der Waals surface area contributed by atoms with Gasteiger partial charge in [0.05, 0.1) is 23.9 Å². The first-order valence-electron chi connectivity index (χ1n) is 9.21. The quantitative estimate of drug-likeness (QED) is 0.526. The molecule has 5 heteroatoms. The Kier molecular flexibility index (Phi) is 5.20. The fourth-order valence-electron chi connectivity index (χ4n) is 3.15. The highest BCUT2D eigenvalue weighted by Gasteiger charge is 2.14. The van der Waals surface area contributed by atoms with E-state index in [0.29, 0.717) is 17.8 Å². The molecule has 0 aliphatic rings. The maximum Gasteiger partial charge on any atom is 0.252 e. The summed E-state index contributed by atoms with van der Waals surface area (Å²) < 4.78 is 18.3. The van der Waals surface area contributed by atoms with Gasteiger partial charge in [-0.05, 0) is 54.1 Å². The Morgan fingerprint density at radius 2 is 1.72 bits per heavy atom. The number of hydrogen-bond donors (Lipinski definition) is 1. The van der Waals surface area contributed by atoms with Crippen molar-refractivity contribution in [1.82, 2.24) is 10.3 Å². The van der Waals surface area contributed by atoms with E-state index in [1.807, 2.05) is 48.5 Å². The molecule has 0 bridgehead atoms. The lowest BCUT2D eigenvalue weighted by atomic mass is 10.0. The second-order valence-corrected chi connectivity index (χ2v) is 6.61. The van der Waals surface area contributed by atoms with Crippen LogP contribution in [0.5, 0.6) is 5.75 Å². The van der Waals surface area contributed by atoms with E-state index in [2.05, 4.69) is 5.32 Å². The Labute approximate surface area is 168 Å². The summed E-state index contributed by atoms with van der Waals surface area (Å²) in [5.74, 6) is 0.249. The van der Waals surface area contributed by atoms with Crippen molar-refractivity contribution in [3.05, 3.63) is 95.8 Å². The van der Waals surface area contributed by atoms with Crippen molar-refractivity contribution in [3.63, 3.8) is 0 Å². The van der Waals surface area contributed by atoms with Crippen LogP contribution in [-0.4, -0.2) is 18.0 Å². The molecule has 0 saturated carbocycles. The second-order valence-electron chi connectivity index (χ2n) is 6.61. The zero-order valence-corrected chi connectivity index (χ0v) is 15.9. The summed E-state index contributed by atoms with van der Waals surface area (Å²) in [5, 5.41) is 3.69. The van der Waals surface area contributed by atoms with Crippen LogP contribution in [0, 0.1) is 5.82 Å². The molecule has 144 valence electrons. The van der Waals surface area contributed by atoms with Crippen LogP contribution in [0.1, 0.15) is 15.9 Å². The number of fused-ring (bicyclic) bond motifs is 1. The molecule has 1 amide bonds. The van der Waals surface area contributed by atoms with E-state index >= 15 is 0 Å². The predicted octanol–water partition coefficient (Wildman–Crippen LogP) is 4.98. The third-order valence-electron chi connectivity index (χ3n) is 4.71. The lowest BCUT2D eigenvalue weighted by Crippen LogP contribution is -2.23. The third-order valence-corrected chi connectivity index (χ3v) is 4.71. The summed E-state index contributed by atoms with van der Waals surface area (Å²) in [5.41, 5.74) is 3.71. The molecule has 1 N–H and O–H groups in total. The van der Waals surface area contributed by atoms with Gasteiger partial charge in [0.15, 0.2) is 0 Å². The molecule has 4 aromatic rings. The van der Waals surface area contributed by atoms with Gasteiger partial charge < -0.3 is 10.1 Å². The van der Waals surface area contributed by atoms with E-state index in [4.69, 9.17) is 9.72 Å². The van der Waals surface area contributed by atoms with Crippen molar-refractivity contribution in [1.29, 1.82) is 0 Å². The summed E-state index contributed by atoms with van der Waals surface area (Å²) in [4.78, 5) is 17.7. The van der Waals surface area contributed by atoms with E-state index in [9.17, 15) is 9.18 Å².